The van der Waals surface area contributed by atoms with Gasteiger partial charge < -0.3 is 30.3 Å². The van der Waals surface area contributed by atoms with Gasteiger partial charge in [-0.2, -0.15) is 0 Å². The first-order valence-corrected chi connectivity index (χ1v) is 11.6. The fourth-order valence-electron chi connectivity index (χ4n) is 3.66. The number of carbonyl (C=O) groups excluding carboxylic acids is 2. The number of rotatable bonds is 9. The fourth-order valence-corrected chi connectivity index (χ4v) is 3.66. The molecule has 3 rings (SSSR count). The van der Waals surface area contributed by atoms with Crippen LogP contribution in [0.25, 0.3) is 0 Å². The van der Waals surface area contributed by atoms with Gasteiger partial charge >= 0.3 is 12.1 Å². The summed E-state index contributed by atoms with van der Waals surface area (Å²) < 4.78 is 10.9. The van der Waals surface area contributed by atoms with E-state index in [-0.39, 0.29) is 12.1 Å². The summed E-state index contributed by atoms with van der Waals surface area (Å²) in [6.07, 6.45) is 3.79. The maximum atomic E-state index is 12.6. The summed E-state index contributed by atoms with van der Waals surface area (Å²) in [7, 11) is 1.58. The van der Waals surface area contributed by atoms with E-state index in [1.165, 1.54) is 0 Å². The number of ether oxygens (including phenoxy) is 2. The first-order valence-electron chi connectivity index (χ1n) is 11.6. The van der Waals surface area contributed by atoms with Crippen molar-refractivity contribution in [3.63, 3.8) is 0 Å². The number of nitrogens with one attached hydrogen (secondary N) is 3. The van der Waals surface area contributed by atoms with Crippen molar-refractivity contribution in [1.29, 1.82) is 0 Å². The van der Waals surface area contributed by atoms with Gasteiger partial charge in [0.15, 0.2) is 0 Å². The predicted octanol–water partition coefficient (Wildman–Crippen LogP) is 4.94. The summed E-state index contributed by atoms with van der Waals surface area (Å²) in [5.41, 5.74) is 1.38. The number of carbonyl (C=O) groups is 2. The average molecular weight is 455 g/mol. The van der Waals surface area contributed by atoms with Crippen molar-refractivity contribution in [2.45, 2.75) is 32.6 Å². The van der Waals surface area contributed by atoms with Crippen LogP contribution in [0.3, 0.4) is 0 Å². The van der Waals surface area contributed by atoms with Crippen molar-refractivity contribution in [2.24, 2.45) is 5.92 Å². The van der Waals surface area contributed by atoms with E-state index in [2.05, 4.69) is 22.9 Å². The molecule has 4 amide bonds. The molecule has 0 unspecified atom stereocenters. The van der Waals surface area contributed by atoms with Crippen LogP contribution in [0.1, 0.15) is 32.6 Å². The molecular formula is C25H34N4O4. The third-order valence-corrected chi connectivity index (χ3v) is 5.68. The minimum Gasteiger partial charge on any atom is -0.495 e. The fraction of sp³-hybridized carbons (Fsp3) is 0.440. The number of benzene rings is 2. The van der Waals surface area contributed by atoms with Gasteiger partial charge in [-0.05, 0) is 61.6 Å². The number of unbranched alkanes of at least 4 members (excludes halogenated alkanes) is 1. The summed E-state index contributed by atoms with van der Waals surface area (Å²) in [5, 5.41) is 8.70. The van der Waals surface area contributed by atoms with Crippen LogP contribution in [0.5, 0.6) is 11.5 Å². The van der Waals surface area contributed by atoms with Crippen LogP contribution in [0.2, 0.25) is 0 Å². The summed E-state index contributed by atoms with van der Waals surface area (Å²) in [6.45, 7) is 4.69. The third-order valence-electron chi connectivity index (χ3n) is 5.68. The van der Waals surface area contributed by atoms with Gasteiger partial charge in [0.05, 0.1) is 19.4 Å². The smallest absolute Gasteiger partial charge is 0.321 e. The van der Waals surface area contributed by atoms with Crippen molar-refractivity contribution < 1.29 is 19.1 Å². The first-order chi connectivity index (χ1) is 16.1. The maximum absolute atomic E-state index is 12.6. The molecule has 0 bridgehead atoms. The molecule has 8 nitrogen and oxygen atoms in total. The van der Waals surface area contributed by atoms with Crippen LogP contribution in [-0.2, 0) is 0 Å². The second kappa shape index (κ2) is 12.6. The molecule has 0 saturated carbocycles. The number of urea groups is 2. The Morgan fingerprint density at radius 1 is 1.03 bits per heavy atom. The van der Waals surface area contributed by atoms with E-state index >= 15 is 0 Å². The van der Waals surface area contributed by atoms with E-state index in [1.807, 2.05) is 48.5 Å². The Bertz CT molecular complexity index is 896. The van der Waals surface area contributed by atoms with Gasteiger partial charge in [0, 0.05) is 25.3 Å². The normalized spacial score (nSPS) is 13.8. The lowest BCUT2D eigenvalue weighted by molar-refractivity contribution is 0.181. The second-order valence-corrected chi connectivity index (χ2v) is 8.12. The van der Waals surface area contributed by atoms with Gasteiger partial charge in [0.2, 0.25) is 0 Å². The van der Waals surface area contributed by atoms with Gasteiger partial charge in [-0.1, -0.05) is 25.5 Å². The van der Waals surface area contributed by atoms with Crippen molar-refractivity contribution in [3.8, 4) is 11.5 Å². The molecule has 178 valence electrons. The summed E-state index contributed by atoms with van der Waals surface area (Å²) in [5.74, 6) is 1.77. The molecule has 0 radical (unpaired) electrons. The molecule has 0 atom stereocenters. The minimum atomic E-state index is -0.231. The van der Waals surface area contributed by atoms with Gasteiger partial charge in [0.25, 0.3) is 0 Å². The molecule has 1 aliphatic heterocycles. The van der Waals surface area contributed by atoms with Gasteiger partial charge in [0.1, 0.15) is 11.5 Å². The zero-order valence-corrected chi connectivity index (χ0v) is 19.4. The van der Waals surface area contributed by atoms with Crippen LogP contribution in [0.15, 0.2) is 48.5 Å². The lowest BCUT2D eigenvalue weighted by Crippen LogP contribution is -2.43. The Kier molecular flexibility index (Phi) is 9.23. The van der Waals surface area contributed by atoms with Crippen LogP contribution >= 0.6 is 0 Å². The Balaban J connectivity index is 1.36. The average Bonchev–Trinajstić information content (AvgIpc) is 2.84. The molecule has 1 fully saturated rings. The van der Waals surface area contributed by atoms with Gasteiger partial charge in [-0.15, -0.1) is 0 Å². The molecule has 1 saturated heterocycles. The lowest BCUT2D eigenvalue weighted by atomic mass is 9.97. The van der Waals surface area contributed by atoms with E-state index < -0.39 is 0 Å². The number of methoxy groups -OCH3 is 1. The molecule has 0 aliphatic carbocycles. The molecule has 2 aromatic carbocycles. The zero-order valence-electron chi connectivity index (χ0n) is 19.4. The summed E-state index contributed by atoms with van der Waals surface area (Å²) in [6, 6.07) is 14.4. The topological polar surface area (TPSA) is 91.9 Å². The number of piperidine rings is 1. The highest BCUT2D eigenvalue weighted by atomic mass is 16.5. The van der Waals surface area contributed by atoms with E-state index in [1.54, 1.807) is 12.0 Å². The van der Waals surface area contributed by atoms with E-state index in [9.17, 15) is 9.59 Å². The Morgan fingerprint density at radius 3 is 2.45 bits per heavy atom. The van der Waals surface area contributed by atoms with Crippen LogP contribution in [0.4, 0.5) is 21.0 Å². The molecule has 1 heterocycles. The number of amides is 4. The van der Waals surface area contributed by atoms with Gasteiger partial charge in [-0.25, -0.2) is 9.59 Å². The summed E-state index contributed by atoms with van der Waals surface area (Å²) >= 11 is 0. The highest BCUT2D eigenvalue weighted by Crippen LogP contribution is 2.24. The highest BCUT2D eigenvalue weighted by Gasteiger charge is 2.23. The van der Waals surface area contributed by atoms with Crippen LogP contribution < -0.4 is 25.4 Å². The Labute approximate surface area is 195 Å². The van der Waals surface area contributed by atoms with Crippen molar-refractivity contribution in [3.05, 3.63) is 48.5 Å². The SMILES string of the molecule is CCCCOc1ccc(NC(=O)NCC2CCN(C(=O)Nc3ccccc3OC)CC2)cc1. The zero-order chi connectivity index (χ0) is 23.5. The predicted molar refractivity (Wildman–Crippen MR) is 130 cm³/mol. The lowest BCUT2D eigenvalue weighted by Gasteiger charge is -2.32. The third kappa shape index (κ3) is 7.59. The first kappa shape index (κ1) is 24.2. The molecule has 3 N–H and O–H groups in total. The number of hydrogen-bond donors (Lipinski definition) is 3. The number of likely N-dealkylation sites (tertiary alicyclic amines) is 1. The quantitative estimate of drug-likeness (QED) is 0.468. The monoisotopic (exact) mass is 454 g/mol. The van der Waals surface area contributed by atoms with Crippen LogP contribution in [-0.4, -0.2) is 50.3 Å². The van der Waals surface area contributed by atoms with Crippen molar-refractivity contribution >= 4 is 23.4 Å². The number of nitrogens with zero attached hydrogens (tertiary/aromatic N) is 1. The van der Waals surface area contributed by atoms with E-state index in [4.69, 9.17) is 9.47 Å². The second-order valence-electron chi connectivity index (χ2n) is 8.12. The number of para-hydroxylation sites is 2. The largest absolute Gasteiger partial charge is 0.495 e. The highest BCUT2D eigenvalue weighted by molar-refractivity contribution is 5.91. The molecule has 33 heavy (non-hydrogen) atoms. The molecule has 0 aromatic heterocycles. The standard InChI is InChI=1S/C25H34N4O4/c1-3-4-17-33-21-11-9-20(10-12-21)27-24(30)26-18-19-13-15-29(16-14-19)25(31)28-22-7-5-6-8-23(22)32-2/h5-12,19H,3-4,13-18H2,1-2H3,(H,28,31)(H2,26,27,30). The van der Waals surface area contributed by atoms with E-state index in [0.717, 1.165) is 37.1 Å². The van der Waals surface area contributed by atoms with Crippen molar-refractivity contribution in [2.75, 3.05) is 44.0 Å². The maximum Gasteiger partial charge on any atom is 0.321 e. The molecular weight excluding hydrogens is 420 g/mol. The molecule has 2 aromatic rings. The number of anilines is 2. The Hall–Kier alpha value is -3.42. The van der Waals surface area contributed by atoms with Crippen LogP contribution in [0, 0.1) is 5.92 Å². The minimum absolute atomic E-state index is 0.134. The van der Waals surface area contributed by atoms with E-state index in [0.29, 0.717) is 43.6 Å². The Morgan fingerprint density at radius 2 is 1.76 bits per heavy atom. The van der Waals surface area contributed by atoms with Crippen molar-refractivity contribution in [1.82, 2.24) is 10.2 Å². The molecule has 1 aliphatic rings. The molecule has 0 spiro atoms. The number of hydrogen-bond acceptors (Lipinski definition) is 4. The summed E-state index contributed by atoms with van der Waals surface area (Å²) in [4.78, 5) is 26.6. The molecule has 8 heteroatoms. The van der Waals surface area contributed by atoms with Gasteiger partial charge in [-0.3, -0.25) is 0 Å².